The van der Waals surface area contributed by atoms with Gasteiger partial charge in [0, 0.05) is 18.1 Å². The van der Waals surface area contributed by atoms with Crippen LogP contribution in [0.5, 0.6) is 5.75 Å². The lowest BCUT2D eigenvalue weighted by atomic mass is 9.86. The third-order valence-corrected chi connectivity index (χ3v) is 5.71. The average molecular weight is 459 g/mol. The molecule has 2 aromatic carbocycles. The van der Waals surface area contributed by atoms with Gasteiger partial charge in [-0.3, -0.25) is 9.59 Å². The number of halogens is 1. The van der Waals surface area contributed by atoms with Crippen LogP contribution in [0.2, 0.25) is 5.02 Å². The first-order valence-electron chi connectivity index (χ1n) is 11.2. The molecule has 0 heterocycles. The molecular formula is C26H35ClN2O3. The summed E-state index contributed by atoms with van der Waals surface area (Å²) in [6, 6.07) is 14.4. The molecule has 0 spiro atoms. The van der Waals surface area contributed by atoms with Crippen molar-refractivity contribution in [3.8, 4) is 5.75 Å². The number of nitrogens with zero attached hydrogens (tertiary/aromatic N) is 1. The molecule has 0 radical (unpaired) electrons. The maximum Gasteiger partial charge on any atom is 0.261 e. The van der Waals surface area contributed by atoms with E-state index in [1.807, 2.05) is 42.5 Å². The molecule has 2 rings (SSSR count). The minimum atomic E-state index is -0.655. The Hall–Kier alpha value is -2.53. The minimum absolute atomic E-state index is 0.122. The van der Waals surface area contributed by atoms with Crippen LogP contribution >= 0.6 is 11.6 Å². The summed E-state index contributed by atoms with van der Waals surface area (Å²) in [5.41, 5.74) is 1.69. The Balaban J connectivity index is 2.20. The summed E-state index contributed by atoms with van der Waals surface area (Å²) < 4.78 is 5.95. The van der Waals surface area contributed by atoms with Gasteiger partial charge in [0.15, 0.2) is 6.61 Å². The van der Waals surface area contributed by atoms with Crippen molar-refractivity contribution in [3.05, 3.63) is 64.7 Å². The molecule has 0 bridgehead atoms. The van der Waals surface area contributed by atoms with Gasteiger partial charge in [-0.1, -0.05) is 82.1 Å². The molecule has 0 aliphatic carbocycles. The van der Waals surface area contributed by atoms with Crippen LogP contribution in [0.25, 0.3) is 0 Å². The van der Waals surface area contributed by atoms with Crippen molar-refractivity contribution < 1.29 is 14.3 Å². The van der Waals surface area contributed by atoms with Crippen molar-refractivity contribution in [1.82, 2.24) is 10.2 Å². The van der Waals surface area contributed by atoms with Crippen LogP contribution < -0.4 is 10.1 Å². The molecule has 0 aliphatic heterocycles. The number of benzene rings is 2. The van der Waals surface area contributed by atoms with E-state index >= 15 is 0 Å². The van der Waals surface area contributed by atoms with Gasteiger partial charge >= 0.3 is 0 Å². The zero-order valence-corrected chi connectivity index (χ0v) is 20.5. The Bertz CT molecular complexity index is 908. The number of rotatable bonds is 10. The van der Waals surface area contributed by atoms with Crippen molar-refractivity contribution in [3.63, 3.8) is 0 Å². The summed E-state index contributed by atoms with van der Waals surface area (Å²) in [7, 11) is 0. The van der Waals surface area contributed by atoms with E-state index in [9.17, 15) is 9.59 Å². The number of amides is 2. The molecule has 0 saturated heterocycles. The lowest BCUT2D eigenvalue weighted by Crippen LogP contribution is -2.49. The van der Waals surface area contributed by atoms with E-state index in [0.717, 1.165) is 24.0 Å². The molecule has 6 heteroatoms. The van der Waals surface area contributed by atoms with Gasteiger partial charge in [0.05, 0.1) is 0 Å². The lowest BCUT2D eigenvalue weighted by Gasteiger charge is -2.29. The van der Waals surface area contributed by atoms with Crippen LogP contribution in [-0.2, 0) is 21.5 Å². The first-order valence-corrected chi connectivity index (χ1v) is 11.6. The Morgan fingerprint density at radius 3 is 2.41 bits per heavy atom. The van der Waals surface area contributed by atoms with E-state index < -0.39 is 6.04 Å². The standard InChI is InChI=1S/C26H35ClN2O3/c1-6-7-16-28-25(31)19(2)29(17-20-12-8-10-14-22(20)27)24(30)18-32-23-15-11-9-13-21(23)26(3,4)5/h8-15,19H,6-7,16-18H2,1-5H3,(H,28,31)/t19-/m1/s1. The second-order valence-corrected chi connectivity index (χ2v) is 9.38. The normalized spacial score (nSPS) is 12.2. The smallest absolute Gasteiger partial charge is 0.261 e. The van der Waals surface area contributed by atoms with Crippen molar-refractivity contribution in [2.45, 2.75) is 65.5 Å². The highest BCUT2D eigenvalue weighted by Gasteiger charge is 2.27. The fraction of sp³-hybridized carbons (Fsp3) is 0.462. The van der Waals surface area contributed by atoms with Gasteiger partial charge in [0.25, 0.3) is 5.91 Å². The molecule has 1 atom stereocenters. The van der Waals surface area contributed by atoms with Crippen molar-refractivity contribution in [2.24, 2.45) is 0 Å². The molecule has 0 saturated carbocycles. The quantitative estimate of drug-likeness (QED) is 0.488. The Morgan fingerprint density at radius 1 is 1.09 bits per heavy atom. The van der Waals surface area contributed by atoms with Crippen molar-refractivity contribution in [1.29, 1.82) is 0 Å². The molecule has 0 fully saturated rings. The molecule has 0 aliphatic rings. The van der Waals surface area contributed by atoms with Gasteiger partial charge in [0.2, 0.25) is 5.91 Å². The average Bonchev–Trinajstić information content (AvgIpc) is 2.76. The van der Waals surface area contributed by atoms with E-state index in [1.165, 1.54) is 4.90 Å². The second-order valence-electron chi connectivity index (χ2n) is 8.97. The predicted molar refractivity (Wildman–Crippen MR) is 130 cm³/mol. The first kappa shape index (κ1) is 25.7. The van der Waals surface area contributed by atoms with Crippen LogP contribution in [0, 0.1) is 0 Å². The minimum Gasteiger partial charge on any atom is -0.483 e. The second kappa shape index (κ2) is 11.9. The van der Waals surface area contributed by atoms with Crippen LogP contribution in [0.15, 0.2) is 48.5 Å². The monoisotopic (exact) mass is 458 g/mol. The van der Waals surface area contributed by atoms with Crippen molar-refractivity contribution >= 4 is 23.4 Å². The Kier molecular flexibility index (Phi) is 9.58. The number of hydrogen-bond acceptors (Lipinski definition) is 3. The maximum absolute atomic E-state index is 13.2. The summed E-state index contributed by atoms with van der Waals surface area (Å²) in [6.45, 7) is 10.8. The lowest BCUT2D eigenvalue weighted by molar-refractivity contribution is -0.142. The van der Waals surface area contributed by atoms with Gasteiger partial charge in [-0.05, 0) is 42.0 Å². The number of nitrogens with one attached hydrogen (secondary N) is 1. The molecule has 1 N–H and O–H groups in total. The number of hydrogen-bond donors (Lipinski definition) is 1. The van der Waals surface area contributed by atoms with Crippen molar-refractivity contribution in [2.75, 3.05) is 13.2 Å². The SMILES string of the molecule is CCCCNC(=O)[C@@H](C)N(Cc1ccccc1Cl)C(=O)COc1ccccc1C(C)(C)C. The van der Waals surface area contributed by atoms with E-state index in [-0.39, 0.29) is 30.4 Å². The van der Waals surface area contributed by atoms with E-state index in [2.05, 4.69) is 33.0 Å². The fourth-order valence-electron chi connectivity index (χ4n) is 3.36. The number of carbonyl (C=O) groups is 2. The van der Waals surface area contributed by atoms with E-state index in [4.69, 9.17) is 16.3 Å². The highest BCUT2D eigenvalue weighted by molar-refractivity contribution is 6.31. The van der Waals surface area contributed by atoms with E-state index in [1.54, 1.807) is 13.0 Å². The molecule has 0 unspecified atom stereocenters. The first-order chi connectivity index (χ1) is 15.1. The molecule has 32 heavy (non-hydrogen) atoms. The third kappa shape index (κ3) is 7.27. The number of para-hydroxylation sites is 1. The topological polar surface area (TPSA) is 58.6 Å². The van der Waals surface area contributed by atoms with Gasteiger partial charge < -0.3 is 15.0 Å². The summed E-state index contributed by atoms with van der Waals surface area (Å²) in [4.78, 5) is 27.5. The fourth-order valence-corrected chi connectivity index (χ4v) is 3.56. The number of ether oxygens (including phenoxy) is 1. The number of unbranched alkanes of at least 4 members (excludes halogenated alkanes) is 1. The highest BCUT2D eigenvalue weighted by atomic mass is 35.5. The molecular weight excluding hydrogens is 424 g/mol. The predicted octanol–water partition coefficient (Wildman–Crippen LogP) is 5.35. The van der Waals surface area contributed by atoms with Crippen LogP contribution in [0.3, 0.4) is 0 Å². The summed E-state index contributed by atoms with van der Waals surface area (Å²) >= 11 is 6.33. The summed E-state index contributed by atoms with van der Waals surface area (Å²) in [5, 5.41) is 3.47. The summed E-state index contributed by atoms with van der Waals surface area (Å²) in [6.07, 6.45) is 1.88. The Labute approximate surface area is 197 Å². The number of carbonyl (C=O) groups excluding carboxylic acids is 2. The van der Waals surface area contributed by atoms with Crippen LogP contribution in [0.4, 0.5) is 0 Å². The molecule has 2 aromatic rings. The molecule has 174 valence electrons. The van der Waals surface area contributed by atoms with E-state index in [0.29, 0.717) is 17.3 Å². The maximum atomic E-state index is 13.2. The largest absolute Gasteiger partial charge is 0.483 e. The van der Waals surface area contributed by atoms with Gasteiger partial charge in [-0.2, -0.15) is 0 Å². The molecule has 5 nitrogen and oxygen atoms in total. The molecule has 2 amide bonds. The van der Waals surface area contributed by atoms with Gasteiger partial charge in [-0.15, -0.1) is 0 Å². The van der Waals surface area contributed by atoms with Crippen LogP contribution in [-0.4, -0.2) is 35.9 Å². The van der Waals surface area contributed by atoms with Crippen LogP contribution in [0.1, 0.15) is 58.6 Å². The zero-order valence-electron chi connectivity index (χ0n) is 19.8. The Morgan fingerprint density at radius 2 is 1.75 bits per heavy atom. The van der Waals surface area contributed by atoms with Gasteiger partial charge in [-0.25, -0.2) is 0 Å². The third-order valence-electron chi connectivity index (χ3n) is 5.34. The highest BCUT2D eigenvalue weighted by Crippen LogP contribution is 2.31. The summed E-state index contributed by atoms with van der Waals surface area (Å²) in [5.74, 6) is 0.215. The van der Waals surface area contributed by atoms with Gasteiger partial charge in [0.1, 0.15) is 11.8 Å². The molecule has 0 aromatic heterocycles. The zero-order chi connectivity index (χ0) is 23.7.